The number of rotatable bonds is 4. The third kappa shape index (κ3) is 4.40. The third-order valence-corrected chi connectivity index (χ3v) is 4.62. The zero-order valence-corrected chi connectivity index (χ0v) is 15.3. The predicted octanol–water partition coefficient (Wildman–Crippen LogP) is 4.91. The molecule has 1 aromatic heterocycles. The first kappa shape index (κ1) is 16.6. The molecule has 0 aliphatic rings. The summed E-state index contributed by atoms with van der Waals surface area (Å²) in [6.07, 6.45) is 0. The average Bonchev–Trinajstić information content (AvgIpc) is 3.00. The molecule has 0 amide bonds. The van der Waals surface area contributed by atoms with Crippen molar-refractivity contribution in [3.05, 3.63) is 70.0 Å². The molecule has 0 bridgehead atoms. The topological polar surface area (TPSA) is 37.0 Å². The first-order valence-corrected chi connectivity index (χ1v) is 9.02. The SMILES string of the molecule is Cc1cccc(NC(=S)NCc2ccc(-c3csc(C)n3)cc2)c1. The van der Waals surface area contributed by atoms with Gasteiger partial charge in [-0.3, -0.25) is 0 Å². The van der Waals surface area contributed by atoms with E-state index in [9.17, 15) is 0 Å². The third-order valence-electron chi connectivity index (χ3n) is 3.60. The second-order valence-electron chi connectivity index (χ2n) is 5.63. The molecule has 3 rings (SSSR count). The zero-order valence-electron chi connectivity index (χ0n) is 13.7. The van der Waals surface area contributed by atoms with Gasteiger partial charge in [-0.2, -0.15) is 0 Å². The van der Waals surface area contributed by atoms with Crippen LogP contribution in [0.4, 0.5) is 5.69 Å². The monoisotopic (exact) mass is 353 g/mol. The van der Waals surface area contributed by atoms with Gasteiger partial charge in [-0.1, -0.05) is 36.4 Å². The first-order valence-electron chi connectivity index (χ1n) is 7.73. The summed E-state index contributed by atoms with van der Waals surface area (Å²) in [5.41, 5.74) is 5.56. The molecule has 0 fully saturated rings. The van der Waals surface area contributed by atoms with Crippen molar-refractivity contribution < 1.29 is 0 Å². The molecule has 0 spiro atoms. The molecule has 5 heteroatoms. The van der Waals surface area contributed by atoms with Gasteiger partial charge in [0.1, 0.15) is 0 Å². The summed E-state index contributed by atoms with van der Waals surface area (Å²) >= 11 is 7.02. The molecule has 0 aliphatic carbocycles. The van der Waals surface area contributed by atoms with Gasteiger partial charge < -0.3 is 10.6 Å². The Morgan fingerprint density at radius 2 is 1.92 bits per heavy atom. The van der Waals surface area contributed by atoms with Gasteiger partial charge in [0, 0.05) is 23.2 Å². The van der Waals surface area contributed by atoms with Gasteiger partial charge in [-0.25, -0.2) is 4.98 Å². The number of aromatic nitrogens is 1. The van der Waals surface area contributed by atoms with E-state index >= 15 is 0 Å². The molecule has 0 unspecified atom stereocenters. The van der Waals surface area contributed by atoms with Crippen LogP contribution < -0.4 is 10.6 Å². The fourth-order valence-corrected chi connectivity index (χ4v) is 3.18. The lowest BCUT2D eigenvalue weighted by atomic mass is 10.1. The molecule has 0 radical (unpaired) electrons. The van der Waals surface area contributed by atoms with E-state index in [1.165, 1.54) is 11.1 Å². The van der Waals surface area contributed by atoms with E-state index in [1.54, 1.807) is 11.3 Å². The van der Waals surface area contributed by atoms with Crippen molar-refractivity contribution in [2.24, 2.45) is 0 Å². The van der Waals surface area contributed by atoms with E-state index in [1.807, 2.05) is 19.1 Å². The number of anilines is 1. The highest BCUT2D eigenvalue weighted by molar-refractivity contribution is 7.80. The summed E-state index contributed by atoms with van der Waals surface area (Å²) in [6.45, 7) is 4.77. The van der Waals surface area contributed by atoms with Crippen molar-refractivity contribution in [3.63, 3.8) is 0 Å². The second-order valence-corrected chi connectivity index (χ2v) is 7.10. The fourth-order valence-electron chi connectivity index (χ4n) is 2.37. The molecule has 0 atom stereocenters. The van der Waals surface area contributed by atoms with Gasteiger partial charge in [-0.15, -0.1) is 11.3 Å². The molecule has 0 saturated carbocycles. The Labute approximate surface area is 151 Å². The molecule has 2 N–H and O–H groups in total. The molecule has 122 valence electrons. The molecule has 24 heavy (non-hydrogen) atoms. The van der Waals surface area contributed by atoms with Gasteiger partial charge in [0.05, 0.1) is 10.7 Å². The van der Waals surface area contributed by atoms with E-state index in [4.69, 9.17) is 12.2 Å². The minimum absolute atomic E-state index is 0.625. The first-order chi connectivity index (χ1) is 11.6. The maximum absolute atomic E-state index is 5.35. The Hall–Kier alpha value is -2.24. The van der Waals surface area contributed by atoms with Crippen LogP contribution in [0.5, 0.6) is 0 Å². The van der Waals surface area contributed by atoms with Crippen LogP contribution in [0, 0.1) is 13.8 Å². The van der Waals surface area contributed by atoms with Crippen LogP contribution in [0.25, 0.3) is 11.3 Å². The van der Waals surface area contributed by atoms with Crippen molar-refractivity contribution in [2.45, 2.75) is 20.4 Å². The van der Waals surface area contributed by atoms with Crippen LogP contribution in [0.1, 0.15) is 16.1 Å². The maximum Gasteiger partial charge on any atom is 0.171 e. The Morgan fingerprint density at radius 3 is 2.58 bits per heavy atom. The maximum atomic E-state index is 5.35. The van der Waals surface area contributed by atoms with Crippen molar-refractivity contribution in [1.29, 1.82) is 0 Å². The number of hydrogen-bond donors (Lipinski definition) is 2. The average molecular weight is 354 g/mol. The standard InChI is InChI=1S/C19H19N3S2/c1-13-4-3-5-17(10-13)22-19(23)20-11-15-6-8-16(9-7-15)18-12-24-14(2)21-18/h3-10,12H,11H2,1-2H3,(H2,20,22,23). The largest absolute Gasteiger partial charge is 0.358 e. The van der Waals surface area contributed by atoms with Gasteiger partial charge in [0.2, 0.25) is 0 Å². The Kier molecular flexibility index (Phi) is 5.23. The number of thiazole rings is 1. The van der Waals surface area contributed by atoms with Crippen molar-refractivity contribution >= 4 is 34.4 Å². The highest BCUT2D eigenvalue weighted by Gasteiger charge is 2.03. The van der Waals surface area contributed by atoms with Crippen LogP contribution in [0.15, 0.2) is 53.9 Å². The van der Waals surface area contributed by atoms with Crippen LogP contribution in [0.3, 0.4) is 0 Å². The van der Waals surface area contributed by atoms with E-state index < -0.39 is 0 Å². The van der Waals surface area contributed by atoms with E-state index in [0.717, 1.165) is 22.0 Å². The Balaban J connectivity index is 1.55. The lowest BCUT2D eigenvalue weighted by molar-refractivity contribution is 0.926. The van der Waals surface area contributed by atoms with E-state index in [0.29, 0.717) is 11.7 Å². The molecule has 0 saturated heterocycles. The molecule has 2 aromatic carbocycles. The quantitative estimate of drug-likeness (QED) is 0.653. The lowest BCUT2D eigenvalue weighted by Gasteiger charge is -2.11. The molecular formula is C19H19N3S2. The smallest absolute Gasteiger partial charge is 0.171 e. The van der Waals surface area contributed by atoms with E-state index in [-0.39, 0.29) is 0 Å². The number of thiocarbonyl (C=S) groups is 1. The zero-order chi connectivity index (χ0) is 16.9. The van der Waals surface area contributed by atoms with Crippen molar-refractivity contribution in [2.75, 3.05) is 5.32 Å². The Morgan fingerprint density at radius 1 is 1.12 bits per heavy atom. The van der Waals surface area contributed by atoms with Crippen molar-refractivity contribution in [3.8, 4) is 11.3 Å². The number of aryl methyl sites for hydroxylation is 2. The van der Waals surface area contributed by atoms with Gasteiger partial charge in [0.15, 0.2) is 5.11 Å². The summed E-state index contributed by atoms with van der Waals surface area (Å²) in [6, 6.07) is 16.6. The number of nitrogens with one attached hydrogen (secondary N) is 2. The summed E-state index contributed by atoms with van der Waals surface area (Å²) in [5, 5.41) is 10.2. The molecule has 3 nitrogen and oxygen atoms in total. The fraction of sp³-hybridized carbons (Fsp3) is 0.158. The van der Waals surface area contributed by atoms with Gasteiger partial charge in [0.25, 0.3) is 0 Å². The van der Waals surface area contributed by atoms with Crippen molar-refractivity contribution in [1.82, 2.24) is 10.3 Å². The minimum Gasteiger partial charge on any atom is -0.358 e. The van der Waals surface area contributed by atoms with Crippen LogP contribution in [-0.4, -0.2) is 10.1 Å². The van der Waals surface area contributed by atoms with Gasteiger partial charge in [-0.05, 0) is 49.3 Å². The number of nitrogens with zero attached hydrogens (tertiary/aromatic N) is 1. The van der Waals surface area contributed by atoms with Crippen LogP contribution in [-0.2, 0) is 6.54 Å². The van der Waals surface area contributed by atoms with E-state index in [2.05, 4.69) is 64.3 Å². The highest BCUT2D eigenvalue weighted by atomic mass is 32.1. The summed E-state index contributed by atoms with van der Waals surface area (Å²) in [7, 11) is 0. The predicted molar refractivity (Wildman–Crippen MR) is 107 cm³/mol. The lowest BCUT2D eigenvalue weighted by Crippen LogP contribution is -2.27. The molecule has 1 heterocycles. The molecular weight excluding hydrogens is 334 g/mol. The normalized spacial score (nSPS) is 10.4. The highest BCUT2D eigenvalue weighted by Crippen LogP contribution is 2.21. The van der Waals surface area contributed by atoms with Gasteiger partial charge >= 0.3 is 0 Å². The number of benzene rings is 2. The summed E-state index contributed by atoms with van der Waals surface area (Å²) in [5.74, 6) is 0. The molecule has 0 aliphatic heterocycles. The summed E-state index contributed by atoms with van der Waals surface area (Å²) in [4.78, 5) is 4.51. The van der Waals surface area contributed by atoms with Crippen LogP contribution in [0.2, 0.25) is 0 Å². The van der Waals surface area contributed by atoms with Crippen LogP contribution >= 0.6 is 23.6 Å². The minimum atomic E-state index is 0.625. The Bertz CT molecular complexity index is 838. The molecule has 3 aromatic rings. The second kappa shape index (κ2) is 7.55. The number of hydrogen-bond acceptors (Lipinski definition) is 3. The summed E-state index contributed by atoms with van der Waals surface area (Å²) < 4.78 is 0.